The van der Waals surface area contributed by atoms with Gasteiger partial charge in [-0.15, -0.1) is 0 Å². The molecule has 0 radical (unpaired) electrons. The first-order valence-corrected chi connectivity index (χ1v) is 9.91. The number of ether oxygens (including phenoxy) is 2. The predicted molar refractivity (Wildman–Crippen MR) is 118 cm³/mol. The van der Waals surface area contributed by atoms with Crippen LogP contribution in [0.4, 0.5) is 0 Å². The molecule has 0 aliphatic heterocycles. The lowest BCUT2D eigenvalue weighted by Gasteiger charge is -2.13. The number of benzene rings is 3. The van der Waals surface area contributed by atoms with E-state index in [0.717, 1.165) is 46.9 Å². The number of fused-ring (bicyclic) bond motifs is 1. The van der Waals surface area contributed by atoms with Crippen molar-refractivity contribution in [2.75, 3.05) is 14.2 Å². The lowest BCUT2D eigenvalue weighted by atomic mass is 10.1. The van der Waals surface area contributed by atoms with Gasteiger partial charge in [0, 0.05) is 17.1 Å². The van der Waals surface area contributed by atoms with E-state index in [9.17, 15) is 0 Å². The highest BCUT2D eigenvalue weighted by molar-refractivity contribution is 6.31. The molecule has 1 aromatic heterocycles. The molecular formula is C24H23ClN2O2. The minimum atomic E-state index is 0.693. The van der Waals surface area contributed by atoms with E-state index in [4.69, 9.17) is 26.1 Å². The van der Waals surface area contributed by atoms with Gasteiger partial charge in [-0.3, -0.25) is 0 Å². The third-order valence-corrected chi connectivity index (χ3v) is 5.40. The normalized spacial score (nSPS) is 11.0. The Bertz CT molecular complexity index is 1170. The second-order valence-corrected chi connectivity index (χ2v) is 7.41. The number of hydrogen-bond acceptors (Lipinski definition) is 3. The second kappa shape index (κ2) is 8.18. The van der Waals surface area contributed by atoms with E-state index < -0.39 is 0 Å². The minimum Gasteiger partial charge on any atom is -0.493 e. The molecule has 0 fully saturated rings. The molecule has 0 N–H and O–H groups in total. The first-order chi connectivity index (χ1) is 14.1. The number of aryl methyl sites for hydroxylation is 3. The van der Waals surface area contributed by atoms with Gasteiger partial charge in [-0.25, -0.2) is 4.98 Å². The molecular weight excluding hydrogens is 384 g/mol. The van der Waals surface area contributed by atoms with Crippen LogP contribution in [0.3, 0.4) is 0 Å². The Kier molecular flexibility index (Phi) is 5.45. The van der Waals surface area contributed by atoms with Gasteiger partial charge in [0.05, 0.1) is 25.3 Å². The number of halogens is 1. The van der Waals surface area contributed by atoms with Crippen LogP contribution in [0.1, 0.15) is 11.1 Å². The van der Waals surface area contributed by atoms with Crippen molar-refractivity contribution >= 4 is 22.6 Å². The zero-order chi connectivity index (χ0) is 20.4. The monoisotopic (exact) mass is 406 g/mol. The Hall–Kier alpha value is -2.98. The summed E-state index contributed by atoms with van der Waals surface area (Å²) in [5, 5.41) is 0.693. The van der Waals surface area contributed by atoms with Gasteiger partial charge in [-0.1, -0.05) is 41.9 Å². The Morgan fingerprint density at radius 2 is 1.72 bits per heavy atom. The van der Waals surface area contributed by atoms with Crippen LogP contribution in [0.2, 0.25) is 5.02 Å². The summed E-state index contributed by atoms with van der Waals surface area (Å²) >= 11 is 6.22. The zero-order valence-electron chi connectivity index (χ0n) is 16.8. The van der Waals surface area contributed by atoms with Gasteiger partial charge in [0.1, 0.15) is 5.82 Å². The Balaban J connectivity index is 1.75. The molecule has 0 unspecified atom stereocenters. The standard InChI is InChI=1S/C24H23ClN2O2/c1-16-6-4-5-7-19(16)24-26-20-15-18(25)9-10-21(20)27(24)13-12-17-8-11-22(28-2)23(14-17)29-3/h4-11,14-15H,12-13H2,1-3H3. The van der Waals surface area contributed by atoms with Crippen LogP contribution in [0.25, 0.3) is 22.4 Å². The molecule has 0 aliphatic rings. The fourth-order valence-corrected chi connectivity index (χ4v) is 3.80. The van der Waals surface area contributed by atoms with E-state index in [1.165, 1.54) is 11.1 Å². The zero-order valence-corrected chi connectivity index (χ0v) is 17.5. The fraction of sp³-hybridized carbons (Fsp3) is 0.208. The molecule has 148 valence electrons. The Labute approximate surface area is 175 Å². The summed E-state index contributed by atoms with van der Waals surface area (Å²) in [5.74, 6) is 2.44. The average molecular weight is 407 g/mol. The number of aromatic nitrogens is 2. The molecule has 0 atom stereocenters. The predicted octanol–water partition coefficient (Wildman–Crippen LogP) is 5.93. The number of hydrogen-bond donors (Lipinski definition) is 0. The third kappa shape index (κ3) is 3.81. The highest BCUT2D eigenvalue weighted by Crippen LogP contribution is 2.31. The summed E-state index contributed by atoms with van der Waals surface area (Å²) in [6, 6.07) is 20.3. The SMILES string of the molecule is COc1ccc(CCn2c(-c3ccccc3C)nc3cc(Cl)ccc32)cc1OC. The third-order valence-electron chi connectivity index (χ3n) is 5.17. The quantitative estimate of drug-likeness (QED) is 0.398. The van der Waals surface area contributed by atoms with Crippen LogP contribution in [0.5, 0.6) is 11.5 Å². The summed E-state index contributed by atoms with van der Waals surface area (Å²) in [6.07, 6.45) is 0.841. The van der Waals surface area contributed by atoms with Gasteiger partial charge < -0.3 is 14.0 Å². The molecule has 0 amide bonds. The molecule has 1 heterocycles. The minimum absolute atomic E-state index is 0.693. The second-order valence-electron chi connectivity index (χ2n) is 6.97. The summed E-state index contributed by atoms with van der Waals surface area (Å²) in [4.78, 5) is 4.91. The van der Waals surface area contributed by atoms with E-state index >= 15 is 0 Å². The molecule has 0 aliphatic carbocycles. The summed E-state index contributed by atoms with van der Waals surface area (Å²) in [7, 11) is 3.31. The van der Waals surface area contributed by atoms with Gasteiger partial charge >= 0.3 is 0 Å². The first-order valence-electron chi connectivity index (χ1n) is 9.53. The van der Waals surface area contributed by atoms with E-state index in [0.29, 0.717) is 5.02 Å². The van der Waals surface area contributed by atoms with Crippen molar-refractivity contribution in [3.8, 4) is 22.9 Å². The topological polar surface area (TPSA) is 36.3 Å². The van der Waals surface area contributed by atoms with Gasteiger partial charge in [0.25, 0.3) is 0 Å². The Morgan fingerprint density at radius 3 is 2.48 bits per heavy atom. The number of imidazole rings is 1. The lowest BCUT2D eigenvalue weighted by Crippen LogP contribution is -2.05. The van der Waals surface area contributed by atoms with Crippen molar-refractivity contribution < 1.29 is 9.47 Å². The van der Waals surface area contributed by atoms with E-state index in [-0.39, 0.29) is 0 Å². The molecule has 0 saturated carbocycles. The summed E-state index contributed by atoms with van der Waals surface area (Å²) in [5.41, 5.74) is 5.48. The Morgan fingerprint density at radius 1 is 0.931 bits per heavy atom. The molecule has 5 heteroatoms. The van der Waals surface area contributed by atoms with Gasteiger partial charge in [-0.2, -0.15) is 0 Å². The van der Waals surface area contributed by atoms with Crippen molar-refractivity contribution in [2.45, 2.75) is 19.9 Å². The van der Waals surface area contributed by atoms with Crippen molar-refractivity contribution in [3.05, 3.63) is 76.8 Å². The van der Waals surface area contributed by atoms with Crippen LogP contribution in [-0.2, 0) is 13.0 Å². The molecule has 29 heavy (non-hydrogen) atoms. The molecule has 3 aromatic carbocycles. The number of methoxy groups -OCH3 is 2. The van der Waals surface area contributed by atoms with E-state index in [1.807, 2.05) is 42.5 Å². The lowest BCUT2D eigenvalue weighted by molar-refractivity contribution is 0.354. The highest BCUT2D eigenvalue weighted by Gasteiger charge is 2.15. The summed E-state index contributed by atoms with van der Waals surface area (Å²) < 4.78 is 13.1. The van der Waals surface area contributed by atoms with Crippen molar-refractivity contribution in [3.63, 3.8) is 0 Å². The highest BCUT2D eigenvalue weighted by atomic mass is 35.5. The largest absolute Gasteiger partial charge is 0.493 e. The van der Waals surface area contributed by atoms with Gasteiger partial charge in [0.2, 0.25) is 0 Å². The smallest absolute Gasteiger partial charge is 0.160 e. The van der Waals surface area contributed by atoms with Gasteiger partial charge in [-0.05, 0) is 54.8 Å². The van der Waals surface area contributed by atoms with Crippen molar-refractivity contribution in [1.29, 1.82) is 0 Å². The molecule has 0 spiro atoms. The van der Waals surface area contributed by atoms with Crippen molar-refractivity contribution in [2.24, 2.45) is 0 Å². The molecule has 4 aromatic rings. The molecule has 0 saturated heterocycles. The number of nitrogens with zero attached hydrogens (tertiary/aromatic N) is 2. The van der Waals surface area contributed by atoms with Crippen LogP contribution in [0, 0.1) is 6.92 Å². The van der Waals surface area contributed by atoms with Crippen LogP contribution in [-0.4, -0.2) is 23.8 Å². The summed E-state index contributed by atoms with van der Waals surface area (Å²) in [6.45, 7) is 2.90. The fourth-order valence-electron chi connectivity index (χ4n) is 3.64. The maximum Gasteiger partial charge on any atom is 0.160 e. The molecule has 4 rings (SSSR count). The van der Waals surface area contributed by atoms with E-state index in [2.05, 4.69) is 29.7 Å². The molecule has 4 nitrogen and oxygen atoms in total. The van der Waals surface area contributed by atoms with Crippen LogP contribution < -0.4 is 9.47 Å². The maximum absolute atomic E-state index is 6.22. The average Bonchev–Trinajstić information content (AvgIpc) is 3.09. The van der Waals surface area contributed by atoms with Crippen LogP contribution in [0.15, 0.2) is 60.7 Å². The van der Waals surface area contributed by atoms with Gasteiger partial charge in [0.15, 0.2) is 11.5 Å². The first kappa shape index (κ1) is 19.3. The molecule has 0 bridgehead atoms. The number of rotatable bonds is 6. The van der Waals surface area contributed by atoms with Crippen molar-refractivity contribution in [1.82, 2.24) is 9.55 Å². The van der Waals surface area contributed by atoms with Crippen LogP contribution >= 0.6 is 11.6 Å². The maximum atomic E-state index is 6.22. The van der Waals surface area contributed by atoms with E-state index in [1.54, 1.807) is 14.2 Å².